The highest BCUT2D eigenvalue weighted by Gasteiger charge is 2.24. The Morgan fingerprint density at radius 1 is 0.833 bits per heavy atom. The van der Waals surface area contributed by atoms with E-state index in [2.05, 4.69) is 15.9 Å². The predicted molar refractivity (Wildman–Crippen MR) is 82.0 cm³/mol. The summed E-state index contributed by atoms with van der Waals surface area (Å²) < 4.78 is 90.5. The van der Waals surface area contributed by atoms with E-state index in [0.717, 1.165) is 4.47 Å². The van der Waals surface area contributed by atoms with Gasteiger partial charge in [-0.15, -0.1) is 0 Å². The van der Waals surface area contributed by atoms with Gasteiger partial charge < -0.3 is 0 Å². The van der Waals surface area contributed by atoms with Crippen LogP contribution in [0.15, 0.2) is 34.1 Å². The zero-order valence-electron chi connectivity index (χ0n) is 11.7. The Kier molecular flexibility index (Phi) is 5.44. The molecule has 0 aliphatic carbocycles. The van der Waals surface area contributed by atoms with E-state index in [-0.39, 0.29) is 0 Å². The fourth-order valence-corrected chi connectivity index (χ4v) is 3.16. The van der Waals surface area contributed by atoms with Gasteiger partial charge in [-0.05, 0) is 23.8 Å². The van der Waals surface area contributed by atoms with Crippen LogP contribution in [0.1, 0.15) is 11.1 Å². The van der Waals surface area contributed by atoms with Crippen LogP contribution in [-0.2, 0) is 15.6 Å². The van der Waals surface area contributed by atoms with E-state index in [9.17, 15) is 30.4 Å². The van der Waals surface area contributed by atoms with Crippen molar-refractivity contribution in [3.8, 4) is 0 Å². The highest BCUT2D eigenvalue weighted by atomic mass is 79.9. The Morgan fingerprint density at radius 2 is 1.29 bits per heavy atom. The number of rotatable bonds is 4. The summed E-state index contributed by atoms with van der Waals surface area (Å²) in [5.41, 5.74) is -0.925. The molecule has 0 N–H and O–H groups in total. The first-order valence-electron chi connectivity index (χ1n) is 6.29. The quantitative estimate of drug-likeness (QED) is 0.402. The van der Waals surface area contributed by atoms with E-state index in [1.807, 2.05) is 0 Å². The van der Waals surface area contributed by atoms with Crippen LogP contribution in [0.25, 0.3) is 6.08 Å². The third kappa shape index (κ3) is 4.02. The van der Waals surface area contributed by atoms with Gasteiger partial charge >= 0.3 is 0 Å². The van der Waals surface area contributed by atoms with Crippen molar-refractivity contribution in [2.45, 2.75) is 5.75 Å². The third-order valence-electron chi connectivity index (χ3n) is 2.97. The highest BCUT2D eigenvalue weighted by molar-refractivity contribution is 9.10. The predicted octanol–water partition coefficient (Wildman–Crippen LogP) is 4.73. The maximum Gasteiger partial charge on any atom is 0.200 e. The van der Waals surface area contributed by atoms with E-state index < -0.39 is 50.2 Å². The molecule has 2 aromatic rings. The molecule has 9 heteroatoms. The van der Waals surface area contributed by atoms with Gasteiger partial charge in [0.1, 0.15) is 0 Å². The molecule has 128 valence electrons. The summed E-state index contributed by atoms with van der Waals surface area (Å²) in [7, 11) is -3.98. The topological polar surface area (TPSA) is 34.1 Å². The molecule has 0 saturated carbocycles. The minimum atomic E-state index is -3.98. The van der Waals surface area contributed by atoms with Gasteiger partial charge in [0, 0.05) is 9.88 Å². The van der Waals surface area contributed by atoms with Crippen molar-refractivity contribution in [3.63, 3.8) is 0 Å². The molecule has 0 radical (unpaired) electrons. The maximum atomic E-state index is 13.5. The monoisotopic (exact) mass is 426 g/mol. The fraction of sp³-hybridized carbons (Fsp3) is 0.0667. The Balaban J connectivity index is 2.35. The first-order chi connectivity index (χ1) is 11.1. The van der Waals surface area contributed by atoms with Crippen molar-refractivity contribution in [1.82, 2.24) is 0 Å². The lowest BCUT2D eigenvalue weighted by atomic mass is 10.1. The molecule has 2 rings (SSSR count). The second-order valence-corrected chi connectivity index (χ2v) is 7.52. The number of hydrogen-bond donors (Lipinski definition) is 0. The summed E-state index contributed by atoms with van der Waals surface area (Å²) in [5.74, 6) is -11.3. The first-order valence-corrected chi connectivity index (χ1v) is 8.80. The molecule has 0 aromatic heterocycles. The molecular formula is C15H8BrF5O2S. The largest absolute Gasteiger partial charge is 0.224 e. The van der Waals surface area contributed by atoms with Crippen molar-refractivity contribution in [2.24, 2.45) is 0 Å². The smallest absolute Gasteiger partial charge is 0.200 e. The van der Waals surface area contributed by atoms with Crippen LogP contribution in [0.2, 0.25) is 0 Å². The summed E-state index contributed by atoms with van der Waals surface area (Å²) in [4.78, 5) is 0. The molecule has 0 spiro atoms. The lowest BCUT2D eigenvalue weighted by Crippen LogP contribution is -2.05. The van der Waals surface area contributed by atoms with Crippen molar-refractivity contribution in [3.05, 3.63) is 74.4 Å². The SMILES string of the molecule is O=S(=O)(C=Cc1c(F)c(F)c(F)c(F)c1F)Cc1ccc(Br)cc1. The van der Waals surface area contributed by atoms with Crippen LogP contribution in [0, 0.1) is 29.1 Å². The van der Waals surface area contributed by atoms with E-state index in [4.69, 9.17) is 0 Å². The molecule has 0 fully saturated rings. The second kappa shape index (κ2) is 7.02. The van der Waals surface area contributed by atoms with Crippen LogP contribution < -0.4 is 0 Å². The summed E-state index contributed by atoms with van der Waals surface area (Å²) >= 11 is 3.17. The molecule has 0 atom stereocenters. The Labute approximate surface area is 142 Å². The molecular weight excluding hydrogens is 419 g/mol. The van der Waals surface area contributed by atoms with Crippen LogP contribution in [0.3, 0.4) is 0 Å². The molecule has 0 aliphatic rings. The van der Waals surface area contributed by atoms with Gasteiger partial charge in [0.2, 0.25) is 5.82 Å². The van der Waals surface area contributed by atoms with Crippen molar-refractivity contribution in [2.75, 3.05) is 0 Å². The average molecular weight is 427 g/mol. The Hall–Kier alpha value is -1.74. The summed E-state index contributed by atoms with van der Waals surface area (Å²) in [6, 6.07) is 6.21. The molecule has 0 aliphatic heterocycles. The standard InChI is InChI=1S/C15H8BrF5O2S/c16-9-3-1-8(2-4-9)7-24(22,23)6-5-10-11(17)13(19)15(21)14(20)12(10)18/h1-6H,7H2. The molecule has 0 heterocycles. The first kappa shape index (κ1) is 18.6. The molecule has 2 nitrogen and oxygen atoms in total. The van der Waals surface area contributed by atoms with Crippen LogP contribution in [0.5, 0.6) is 0 Å². The van der Waals surface area contributed by atoms with Crippen molar-refractivity contribution >= 4 is 31.8 Å². The van der Waals surface area contributed by atoms with Gasteiger partial charge in [-0.3, -0.25) is 0 Å². The van der Waals surface area contributed by atoms with Gasteiger partial charge in [0.25, 0.3) is 0 Å². The normalized spacial score (nSPS) is 12.1. The zero-order chi connectivity index (χ0) is 18.1. The zero-order valence-corrected chi connectivity index (χ0v) is 14.1. The fourth-order valence-electron chi connectivity index (χ4n) is 1.80. The van der Waals surface area contributed by atoms with Gasteiger partial charge in [-0.25, -0.2) is 30.4 Å². The van der Waals surface area contributed by atoms with Gasteiger partial charge in [0.15, 0.2) is 33.1 Å². The van der Waals surface area contributed by atoms with Crippen LogP contribution in [-0.4, -0.2) is 8.42 Å². The molecule has 0 amide bonds. The minimum absolute atomic E-state index is 0.352. The van der Waals surface area contributed by atoms with Crippen LogP contribution >= 0.6 is 15.9 Å². The molecule has 24 heavy (non-hydrogen) atoms. The minimum Gasteiger partial charge on any atom is -0.224 e. The van der Waals surface area contributed by atoms with E-state index >= 15 is 0 Å². The molecule has 2 aromatic carbocycles. The second-order valence-electron chi connectivity index (χ2n) is 4.72. The van der Waals surface area contributed by atoms with Gasteiger partial charge in [-0.2, -0.15) is 0 Å². The van der Waals surface area contributed by atoms with Gasteiger partial charge in [-0.1, -0.05) is 28.1 Å². The Bertz CT molecular complexity index is 879. The molecule has 0 unspecified atom stereocenters. The number of sulfone groups is 1. The van der Waals surface area contributed by atoms with Crippen molar-refractivity contribution in [1.29, 1.82) is 0 Å². The Morgan fingerprint density at radius 3 is 1.79 bits per heavy atom. The number of benzene rings is 2. The molecule has 0 saturated heterocycles. The van der Waals surface area contributed by atoms with E-state index in [0.29, 0.717) is 17.0 Å². The summed E-state index contributed by atoms with van der Waals surface area (Å²) in [6.07, 6.45) is 0.352. The highest BCUT2D eigenvalue weighted by Crippen LogP contribution is 2.24. The van der Waals surface area contributed by atoms with E-state index in [1.54, 1.807) is 12.1 Å². The lowest BCUT2D eigenvalue weighted by Gasteiger charge is -2.04. The molecule has 0 bridgehead atoms. The third-order valence-corrected chi connectivity index (χ3v) is 4.78. The number of halogens is 6. The number of hydrogen-bond acceptors (Lipinski definition) is 2. The lowest BCUT2D eigenvalue weighted by molar-refractivity contribution is 0.377. The maximum absolute atomic E-state index is 13.5. The van der Waals surface area contributed by atoms with Crippen LogP contribution in [0.4, 0.5) is 22.0 Å². The summed E-state index contributed by atoms with van der Waals surface area (Å²) in [6.45, 7) is 0. The van der Waals surface area contributed by atoms with Gasteiger partial charge in [0.05, 0.1) is 11.3 Å². The average Bonchev–Trinajstić information content (AvgIpc) is 2.53. The van der Waals surface area contributed by atoms with E-state index in [1.165, 1.54) is 12.1 Å². The van der Waals surface area contributed by atoms with Crippen molar-refractivity contribution < 1.29 is 30.4 Å². The summed E-state index contributed by atoms with van der Waals surface area (Å²) in [5, 5.41) is 0.410.